The number of rotatable bonds is 5. The second kappa shape index (κ2) is 8.83. The van der Waals surface area contributed by atoms with Crippen molar-refractivity contribution in [2.45, 2.75) is 25.5 Å². The van der Waals surface area contributed by atoms with Gasteiger partial charge in [-0.3, -0.25) is 0 Å². The Morgan fingerprint density at radius 2 is 1.81 bits per heavy atom. The lowest BCUT2D eigenvalue weighted by Crippen LogP contribution is -2.35. The van der Waals surface area contributed by atoms with E-state index in [1.807, 2.05) is 24.3 Å². The number of hydrogen-bond acceptors (Lipinski definition) is 4. The van der Waals surface area contributed by atoms with Gasteiger partial charge in [0.15, 0.2) is 0 Å². The van der Waals surface area contributed by atoms with E-state index in [0.717, 1.165) is 55.2 Å². The molecule has 0 aliphatic carbocycles. The molecule has 5 rings (SSSR count). The summed E-state index contributed by atoms with van der Waals surface area (Å²) in [5.41, 5.74) is 5.63. The zero-order valence-corrected chi connectivity index (χ0v) is 18.8. The maximum Gasteiger partial charge on any atom is 0.143 e. The Bertz CT molecular complexity index is 1080. The molecule has 2 heterocycles. The molecular formula is C27H30FN3O. The van der Waals surface area contributed by atoms with E-state index >= 15 is 0 Å². The SMILES string of the molecule is CN(C)c1ccc(CCN2CCC(N3c4ccc(F)cc4COc4ccccc43)C2)cc1. The van der Waals surface area contributed by atoms with Gasteiger partial charge in [0.2, 0.25) is 0 Å². The average molecular weight is 432 g/mol. The quantitative estimate of drug-likeness (QED) is 0.550. The molecular weight excluding hydrogens is 401 g/mol. The predicted octanol–water partition coefficient (Wildman–Crippen LogP) is 5.24. The summed E-state index contributed by atoms with van der Waals surface area (Å²) in [7, 11) is 4.13. The highest BCUT2D eigenvalue weighted by Crippen LogP contribution is 2.42. The van der Waals surface area contributed by atoms with Gasteiger partial charge in [0, 0.05) is 56.7 Å². The fourth-order valence-corrected chi connectivity index (χ4v) is 4.84. The molecule has 3 aromatic rings. The van der Waals surface area contributed by atoms with Gasteiger partial charge in [0.05, 0.1) is 5.69 Å². The first-order chi connectivity index (χ1) is 15.6. The van der Waals surface area contributed by atoms with Crippen LogP contribution in [0.2, 0.25) is 0 Å². The minimum atomic E-state index is -0.216. The van der Waals surface area contributed by atoms with Crippen LogP contribution in [0, 0.1) is 5.82 Å². The van der Waals surface area contributed by atoms with Gasteiger partial charge in [0.1, 0.15) is 18.2 Å². The molecule has 0 aromatic heterocycles. The van der Waals surface area contributed by atoms with Crippen LogP contribution in [-0.4, -0.2) is 44.7 Å². The topological polar surface area (TPSA) is 19.0 Å². The molecule has 1 atom stereocenters. The highest BCUT2D eigenvalue weighted by Gasteiger charge is 2.32. The molecule has 2 aliphatic heterocycles. The van der Waals surface area contributed by atoms with Crippen molar-refractivity contribution >= 4 is 17.1 Å². The molecule has 32 heavy (non-hydrogen) atoms. The molecule has 0 amide bonds. The Balaban J connectivity index is 1.33. The van der Waals surface area contributed by atoms with Crippen molar-refractivity contribution in [2.24, 2.45) is 0 Å². The Morgan fingerprint density at radius 3 is 2.62 bits per heavy atom. The number of nitrogens with zero attached hydrogens (tertiary/aromatic N) is 3. The minimum Gasteiger partial charge on any atom is -0.487 e. The van der Waals surface area contributed by atoms with Gasteiger partial charge in [-0.1, -0.05) is 24.3 Å². The van der Waals surface area contributed by atoms with Crippen LogP contribution in [0.15, 0.2) is 66.7 Å². The van der Waals surface area contributed by atoms with E-state index in [9.17, 15) is 4.39 Å². The van der Waals surface area contributed by atoms with E-state index < -0.39 is 0 Å². The molecule has 0 bridgehead atoms. The zero-order valence-electron chi connectivity index (χ0n) is 18.8. The Kier molecular flexibility index (Phi) is 5.75. The van der Waals surface area contributed by atoms with E-state index in [1.165, 1.54) is 11.3 Å². The van der Waals surface area contributed by atoms with Crippen LogP contribution < -0.4 is 14.5 Å². The first-order valence-corrected chi connectivity index (χ1v) is 11.4. The summed E-state index contributed by atoms with van der Waals surface area (Å²) in [6.07, 6.45) is 2.12. The first-order valence-electron chi connectivity index (χ1n) is 11.4. The molecule has 1 unspecified atom stereocenters. The number of para-hydroxylation sites is 2. The lowest BCUT2D eigenvalue weighted by Gasteiger charge is -2.32. The Labute approximate surface area is 189 Å². The summed E-state index contributed by atoms with van der Waals surface area (Å²) >= 11 is 0. The second-order valence-electron chi connectivity index (χ2n) is 8.95. The maximum absolute atomic E-state index is 14.0. The average Bonchev–Trinajstić information content (AvgIpc) is 3.20. The Hall–Kier alpha value is -3.05. The fraction of sp³-hybridized carbons (Fsp3) is 0.333. The lowest BCUT2D eigenvalue weighted by molar-refractivity contribution is 0.310. The molecule has 4 nitrogen and oxygen atoms in total. The van der Waals surface area contributed by atoms with Crippen LogP contribution in [0.3, 0.4) is 0 Å². The van der Waals surface area contributed by atoms with E-state index in [1.54, 1.807) is 12.1 Å². The molecule has 2 aliphatic rings. The number of benzene rings is 3. The Morgan fingerprint density at radius 1 is 1.00 bits per heavy atom. The third-order valence-electron chi connectivity index (χ3n) is 6.59. The van der Waals surface area contributed by atoms with E-state index in [-0.39, 0.29) is 5.82 Å². The third kappa shape index (κ3) is 4.17. The minimum absolute atomic E-state index is 0.216. The third-order valence-corrected chi connectivity index (χ3v) is 6.59. The van der Waals surface area contributed by atoms with Crippen LogP contribution >= 0.6 is 0 Å². The normalized spacial score (nSPS) is 18.0. The standard InChI is InChI=1S/C27H30FN3O/c1-29(2)23-10-7-20(8-11-23)13-15-30-16-14-24(18-30)31-25-12-9-22(28)17-21(25)19-32-27-6-4-3-5-26(27)31/h3-12,17,24H,13-16,18-19H2,1-2H3. The summed E-state index contributed by atoms with van der Waals surface area (Å²) in [5.74, 6) is 0.648. The largest absolute Gasteiger partial charge is 0.487 e. The first kappa shape index (κ1) is 20.8. The number of ether oxygens (including phenoxy) is 1. The summed E-state index contributed by atoms with van der Waals surface area (Å²) in [4.78, 5) is 7.05. The molecule has 0 radical (unpaired) electrons. The number of hydrogen-bond donors (Lipinski definition) is 0. The smallest absolute Gasteiger partial charge is 0.143 e. The molecule has 3 aromatic carbocycles. The van der Waals surface area contributed by atoms with Gasteiger partial charge in [-0.25, -0.2) is 4.39 Å². The predicted molar refractivity (Wildman–Crippen MR) is 129 cm³/mol. The summed E-state index contributed by atoms with van der Waals surface area (Å²) < 4.78 is 20.0. The van der Waals surface area contributed by atoms with Crippen LogP contribution in [-0.2, 0) is 13.0 Å². The number of anilines is 3. The number of fused-ring (bicyclic) bond motifs is 2. The molecule has 1 fully saturated rings. The van der Waals surface area contributed by atoms with Crippen molar-refractivity contribution in [2.75, 3.05) is 43.5 Å². The highest BCUT2D eigenvalue weighted by atomic mass is 19.1. The van der Waals surface area contributed by atoms with E-state index in [4.69, 9.17) is 4.74 Å². The molecule has 0 saturated carbocycles. The lowest BCUT2D eigenvalue weighted by atomic mass is 10.1. The van der Waals surface area contributed by atoms with Crippen molar-refractivity contribution in [1.29, 1.82) is 0 Å². The highest BCUT2D eigenvalue weighted by molar-refractivity contribution is 5.73. The van der Waals surface area contributed by atoms with E-state index in [2.05, 4.69) is 59.1 Å². The van der Waals surface area contributed by atoms with Crippen LogP contribution in [0.5, 0.6) is 5.75 Å². The monoisotopic (exact) mass is 431 g/mol. The molecule has 0 N–H and O–H groups in total. The van der Waals surface area contributed by atoms with Gasteiger partial charge < -0.3 is 19.4 Å². The zero-order chi connectivity index (χ0) is 22.1. The fourth-order valence-electron chi connectivity index (χ4n) is 4.84. The van der Waals surface area contributed by atoms with Crippen molar-refractivity contribution in [3.8, 4) is 5.75 Å². The maximum atomic E-state index is 14.0. The molecule has 166 valence electrons. The van der Waals surface area contributed by atoms with Crippen LogP contribution in [0.25, 0.3) is 0 Å². The van der Waals surface area contributed by atoms with Gasteiger partial charge in [-0.2, -0.15) is 0 Å². The van der Waals surface area contributed by atoms with Gasteiger partial charge in [-0.15, -0.1) is 0 Å². The summed E-state index contributed by atoms with van der Waals surface area (Å²) in [5, 5.41) is 0. The van der Waals surface area contributed by atoms with E-state index in [0.29, 0.717) is 12.6 Å². The molecule has 1 saturated heterocycles. The summed E-state index contributed by atoms with van der Waals surface area (Å²) in [6.45, 7) is 3.48. The van der Waals surface area contributed by atoms with Gasteiger partial charge >= 0.3 is 0 Å². The van der Waals surface area contributed by atoms with Crippen LogP contribution in [0.4, 0.5) is 21.5 Å². The van der Waals surface area contributed by atoms with Crippen molar-refractivity contribution in [3.05, 3.63) is 83.7 Å². The van der Waals surface area contributed by atoms with Crippen molar-refractivity contribution < 1.29 is 9.13 Å². The molecule has 0 spiro atoms. The molecule has 5 heteroatoms. The van der Waals surface area contributed by atoms with Gasteiger partial charge in [0.25, 0.3) is 0 Å². The van der Waals surface area contributed by atoms with Crippen molar-refractivity contribution in [1.82, 2.24) is 4.90 Å². The summed E-state index contributed by atoms with van der Waals surface area (Å²) in [6, 6.07) is 22.4. The van der Waals surface area contributed by atoms with Crippen molar-refractivity contribution in [3.63, 3.8) is 0 Å². The number of likely N-dealkylation sites (tertiary alicyclic amines) is 1. The number of halogens is 1. The van der Waals surface area contributed by atoms with Gasteiger partial charge in [-0.05, 0) is 60.9 Å². The second-order valence-corrected chi connectivity index (χ2v) is 8.95. The van der Waals surface area contributed by atoms with Crippen LogP contribution in [0.1, 0.15) is 17.5 Å².